The molecule has 0 aliphatic heterocycles. The molecule has 428 valence electrons. The van der Waals surface area contributed by atoms with E-state index in [9.17, 15) is 19.0 Å². The van der Waals surface area contributed by atoms with Crippen LogP contribution in [0.15, 0.2) is 122 Å². The summed E-state index contributed by atoms with van der Waals surface area (Å²) in [6.07, 6.45) is 82.6. The average Bonchev–Trinajstić information content (AvgIpc) is 3.40. The van der Waals surface area contributed by atoms with Crippen LogP contribution in [-0.4, -0.2) is 49.3 Å². The lowest BCUT2D eigenvalue weighted by Gasteiger charge is -2.19. The molecule has 0 aromatic heterocycles. The highest BCUT2D eigenvalue weighted by molar-refractivity contribution is 7.47. The Labute approximate surface area is 460 Å². The molecule has 0 radical (unpaired) electrons. The molecule has 9 nitrogen and oxygen atoms in total. The van der Waals surface area contributed by atoms with Crippen molar-refractivity contribution in [3.05, 3.63) is 122 Å². The number of carbonyl (C=O) groups excluding carboxylic acids is 2. The third kappa shape index (κ3) is 59.5. The first-order chi connectivity index (χ1) is 36.8. The molecule has 0 aromatic rings. The summed E-state index contributed by atoms with van der Waals surface area (Å²) in [5.41, 5.74) is 5.38. The number of phosphoric ester groups is 1. The molecule has 0 bridgehead atoms. The molecule has 2 atom stereocenters. The van der Waals surface area contributed by atoms with E-state index >= 15 is 0 Å². The van der Waals surface area contributed by atoms with E-state index in [2.05, 4.69) is 135 Å². The molecule has 3 N–H and O–H groups in total. The van der Waals surface area contributed by atoms with Gasteiger partial charge in [0.05, 0.1) is 13.2 Å². The van der Waals surface area contributed by atoms with E-state index in [0.29, 0.717) is 6.42 Å². The largest absolute Gasteiger partial charge is 0.472 e. The third-order valence-corrected chi connectivity index (χ3v) is 13.3. The van der Waals surface area contributed by atoms with Gasteiger partial charge in [-0.2, -0.15) is 0 Å². The maximum atomic E-state index is 12.7. The van der Waals surface area contributed by atoms with Crippen molar-refractivity contribution in [1.82, 2.24) is 0 Å². The zero-order chi connectivity index (χ0) is 54.5. The zero-order valence-corrected chi connectivity index (χ0v) is 48.6. The summed E-state index contributed by atoms with van der Waals surface area (Å²) in [6.45, 7) is 3.59. The van der Waals surface area contributed by atoms with Gasteiger partial charge in [0.2, 0.25) is 0 Å². The second-order valence-corrected chi connectivity index (χ2v) is 20.9. The number of hydrogen-bond donors (Lipinski definition) is 2. The Kier molecular flexibility index (Phi) is 56.8. The standard InChI is InChI=1S/C65H110NO8P/c1-3-5-7-9-11-13-15-17-19-21-23-25-26-27-28-29-30-31-32-33-34-35-36-38-40-42-44-46-48-50-52-54-56-58-65(68)74-63(62-73-75(69,70)72-60-59-66)61-71-64(67)57-55-53-51-49-47-45-43-41-39-37-24-22-20-18-16-14-12-10-8-6-4-2/h5,7,11,13,17,19,23,25,27-28,30-31,33-34,36,38,42,44,48,50,63H,3-4,6,8-10,12,14-16,18,20-22,24,26,29,32,35,37,39-41,43,45-47,49,51-62,66H2,1-2H3,(H,69,70)/b7-5-,13-11-,19-17-,25-23-,28-27-,31-30-,34-33-,38-36-,44-42-,50-48-. The number of allylic oxidation sites excluding steroid dienone is 20. The molecule has 0 fully saturated rings. The fourth-order valence-corrected chi connectivity index (χ4v) is 8.72. The molecular formula is C65H110NO8P. The van der Waals surface area contributed by atoms with Crippen LogP contribution >= 0.6 is 7.82 Å². The molecule has 0 amide bonds. The number of rotatable bonds is 55. The maximum absolute atomic E-state index is 12.7. The SMILES string of the molecule is CC/C=C\C/C=C\C/C=C\C/C=C\C/C=C\C/C=C\C/C=C\C/C=C\C/C=C\C/C=C\CCCCC(=O)OC(COC(=O)CCCCCCCCCCCCCCCCCCCCCCC)COP(=O)(O)OCCN. The van der Waals surface area contributed by atoms with Gasteiger partial charge in [0.15, 0.2) is 6.10 Å². The fourth-order valence-electron chi connectivity index (χ4n) is 7.96. The highest BCUT2D eigenvalue weighted by Crippen LogP contribution is 2.43. The van der Waals surface area contributed by atoms with E-state index in [1.807, 2.05) is 0 Å². The van der Waals surface area contributed by atoms with Crippen LogP contribution in [0.3, 0.4) is 0 Å². The van der Waals surface area contributed by atoms with E-state index in [0.717, 1.165) is 96.3 Å². The van der Waals surface area contributed by atoms with Crippen LogP contribution in [0.1, 0.15) is 245 Å². The molecule has 0 spiro atoms. The number of esters is 2. The predicted molar refractivity (Wildman–Crippen MR) is 321 cm³/mol. The van der Waals surface area contributed by atoms with Crippen molar-refractivity contribution in [2.75, 3.05) is 26.4 Å². The van der Waals surface area contributed by atoms with Crippen molar-refractivity contribution < 1.29 is 37.6 Å². The van der Waals surface area contributed by atoms with Gasteiger partial charge < -0.3 is 20.1 Å². The average molecular weight is 1060 g/mol. The highest BCUT2D eigenvalue weighted by Gasteiger charge is 2.26. The van der Waals surface area contributed by atoms with Gasteiger partial charge in [-0.05, 0) is 89.9 Å². The molecule has 0 saturated carbocycles. The predicted octanol–water partition coefficient (Wildman–Crippen LogP) is 19.2. The molecule has 0 aliphatic carbocycles. The summed E-state index contributed by atoms with van der Waals surface area (Å²) in [4.78, 5) is 35.2. The normalized spacial score (nSPS) is 13.9. The van der Waals surface area contributed by atoms with E-state index < -0.39 is 32.5 Å². The van der Waals surface area contributed by atoms with Crippen LogP contribution in [0.25, 0.3) is 0 Å². The molecule has 2 unspecified atom stereocenters. The van der Waals surface area contributed by atoms with Gasteiger partial charge in [0.25, 0.3) is 0 Å². The monoisotopic (exact) mass is 1060 g/mol. The summed E-state index contributed by atoms with van der Waals surface area (Å²) in [6, 6.07) is 0. The van der Waals surface area contributed by atoms with Crippen LogP contribution in [-0.2, 0) is 32.7 Å². The topological polar surface area (TPSA) is 134 Å². The van der Waals surface area contributed by atoms with Gasteiger partial charge in [-0.1, -0.05) is 264 Å². The molecule has 0 aliphatic rings. The van der Waals surface area contributed by atoms with Crippen LogP contribution in [0, 0.1) is 0 Å². The Bertz CT molecular complexity index is 1640. The number of hydrogen-bond acceptors (Lipinski definition) is 8. The van der Waals surface area contributed by atoms with Crippen molar-refractivity contribution in [2.45, 2.75) is 251 Å². The van der Waals surface area contributed by atoms with Crippen molar-refractivity contribution >= 4 is 19.8 Å². The summed E-state index contributed by atoms with van der Waals surface area (Å²) in [5, 5.41) is 0. The van der Waals surface area contributed by atoms with Crippen molar-refractivity contribution in [1.29, 1.82) is 0 Å². The van der Waals surface area contributed by atoms with Gasteiger partial charge in [0, 0.05) is 19.4 Å². The Hall–Kier alpha value is -3.59. The van der Waals surface area contributed by atoms with Gasteiger partial charge in [-0.25, -0.2) is 4.57 Å². The van der Waals surface area contributed by atoms with Crippen molar-refractivity contribution in [2.24, 2.45) is 5.73 Å². The summed E-state index contributed by atoms with van der Waals surface area (Å²) < 4.78 is 33.0. The first-order valence-electron chi connectivity index (χ1n) is 30.0. The van der Waals surface area contributed by atoms with Crippen molar-refractivity contribution in [3.8, 4) is 0 Å². The zero-order valence-electron chi connectivity index (χ0n) is 47.7. The van der Waals surface area contributed by atoms with Crippen LogP contribution in [0.5, 0.6) is 0 Å². The van der Waals surface area contributed by atoms with Crippen LogP contribution in [0.2, 0.25) is 0 Å². The first kappa shape index (κ1) is 71.4. The Morgan fingerprint density at radius 3 is 1.09 bits per heavy atom. The molecule has 0 heterocycles. The second kappa shape index (κ2) is 59.7. The molecule has 75 heavy (non-hydrogen) atoms. The minimum Gasteiger partial charge on any atom is -0.462 e. The molecule has 0 saturated heterocycles. The van der Waals surface area contributed by atoms with E-state index in [1.54, 1.807) is 0 Å². The molecule has 0 aromatic carbocycles. The number of ether oxygens (including phenoxy) is 2. The van der Waals surface area contributed by atoms with Crippen molar-refractivity contribution in [3.63, 3.8) is 0 Å². The van der Waals surface area contributed by atoms with Gasteiger partial charge in [-0.15, -0.1) is 0 Å². The smallest absolute Gasteiger partial charge is 0.462 e. The van der Waals surface area contributed by atoms with E-state index in [1.165, 1.54) is 116 Å². The summed E-state index contributed by atoms with van der Waals surface area (Å²) >= 11 is 0. The fraction of sp³-hybridized carbons (Fsp3) is 0.662. The maximum Gasteiger partial charge on any atom is 0.472 e. The van der Waals surface area contributed by atoms with E-state index in [4.69, 9.17) is 24.3 Å². The Morgan fingerprint density at radius 1 is 0.413 bits per heavy atom. The molecular weight excluding hydrogens is 954 g/mol. The lowest BCUT2D eigenvalue weighted by atomic mass is 10.0. The number of phosphoric acid groups is 1. The minimum atomic E-state index is -4.41. The van der Waals surface area contributed by atoms with Crippen LogP contribution in [0.4, 0.5) is 0 Å². The second-order valence-electron chi connectivity index (χ2n) is 19.5. The quantitative estimate of drug-likeness (QED) is 0.0264. The van der Waals surface area contributed by atoms with Gasteiger partial charge in [0.1, 0.15) is 6.61 Å². The summed E-state index contributed by atoms with van der Waals surface area (Å²) in [5.74, 6) is -0.880. The lowest BCUT2D eigenvalue weighted by Crippen LogP contribution is -2.29. The van der Waals surface area contributed by atoms with E-state index in [-0.39, 0.29) is 32.6 Å². The Balaban J connectivity index is 4.10. The van der Waals surface area contributed by atoms with Crippen LogP contribution < -0.4 is 5.73 Å². The summed E-state index contributed by atoms with van der Waals surface area (Å²) in [7, 11) is -4.41. The third-order valence-electron chi connectivity index (χ3n) is 12.4. The van der Waals surface area contributed by atoms with Gasteiger partial charge >= 0.3 is 19.8 Å². The highest BCUT2D eigenvalue weighted by atomic mass is 31.2. The molecule has 10 heteroatoms. The Morgan fingerprint density at radius 2 is 0.733 bits per heavy atom. The first-order valence-corrected chi connectivity index (χ1v) is 31.5. The minimum absolute atomic E-state index is 0.0409. The number of nitrogens with two attached hydrogens (primary N) is 1. The number of unbranched alkanes of at least 4 members (excludes halogenated alkanes) is 22. The lowest BCUT2D eigenvalue weighted by molar-refractivity contribution is -0.161. The van der Waals surface area contributed by atoms with Gasteiger partial charge in [-0.3, -0.25) is 18.6 Å². The number of carbonyl (C=O) groups is 2. The molecule has 0 rings (SSSR count).